The molecule has 0 aromatic carbocycles. The van der Waals surface area contributed by atoms with Crippen molar-refractivity contribution < 1.29 is 0 Å². The molecule has 0 amide bonds. The van der Waals surface area contributed by atoms with Crippen LogP contribution in [0.2, 0.25) is 0 Å². The normalized spacial score (nSPS) is 10.4. The number of nitrogens with zero attached hydrogens (tertiary/aromatic N) is 2. The van der Waals surface area contributed by atoms with E-state index >= 15 is 0 Å². The number of hydrogen-bond acceptors (Lipinski definition) is 2. The minimum absolute atomic E-state index is 0.897. The second-order valence-corrected chi connectivity index (χ2v) is 2.61. The summed E-state index contributed by atoms with van der Waals surface area (Å²) in [6.45, 7) is 2.96. The standard InChI is InChI=1S/C9H11N3/c1-2-10-9-11-7-8-5-3-4-6-12(8)9/h3-7H,2H2,1H3,(H,10,11). The zero-order valence-electron chi connectivity index (χ0n) is 6.99. The molecule has 0 radical (unpaired) electrons. The van der Waals surface area contributed by atoms with Crippen molar-refractivity contribution in [2.24, 2.45) is 0 Å². The van der Waals surface area contributed by atoms with Gasteiger partial charge in [0.1, 0.15) is 0 Å². The van der Waals surface area contributed by atoms with Crippen molar-refractivity contribution in [1.29, 1.82) is 0 Å². The van der Waals surface area contributed by atoms with E-state index in [0.29, 0.717) is 0 Å². The summed E-state index contributed by atoms with van der Waals surface area (Å²) >= 11 is 0. The van der Waals surface area contributed by atoms with Crippen molar-refractivity contribution in [3.8, 4) is 0 Å². The first kappa shape index (κ1) is 7.16. The summed E-state index contributed by atoms with van der Waals surface area (Å²) in [6, 6.07) is 6.04. The number of rotatable bonds is 2. The van der Waals surface area contributed by atoms with Crippen LogP contribution in [0.25, 0.3) is 5.52 Å². The highest BCUT2D eigenvalue weighted by Gasteiger charge is 1.98. The van der Waals surface area contributed by atoms with E-state index < -0.39 is 0 Å². The molecule has 0 aliphatic carbocycles. The molecule has 0 aliphatic heterocycles. The first-order chi connectivity index (χ1) is 5.92. The fourth-order valence-corrected chi connectivity index (χ4v) is 1.23. The lowest BCUT2D eigenvalue weighted by Crippen LogP contribution is -2.00. The first-order valence-corrected chi connectivity index (χ1v) is 4.08. The van der Waals surface area contributed by atoms with Gasteiger partial charge in [-0.05, 0) is 19.1 Å². The number of hydrogen-bond donors (Lipinski definition) is 1. The molecule has 0 bridgehead atoms. The van der Waals surface area contributed by atoms with Gasteiger partial charge in [0, 0.05) is 12.7 Å². The maximum absolute atomic E-state index is 4.24. The number of fused-ring (bicyclic) bond motifs is 1. The lowest BCUT2D eigenvalue weighted by atomic mass is 10.4. The molecule has 0 fully saturated rings. The van der Waals surface area contributed by atoms with Gasteiger partial charge in [-0.1, -0.05) is 6.07 Å². The van der Waals surface area contributed by atoms with E-state index in [1.54, 1.807) is 0 Å². The second-order valence-electron chi connectivity index (χ2n) is 2.61. The molecule has 0 saturated carbocycles. The van der Waals surface area contributed by atoms with Crippen molar-refractivity contribution in [2.75, 3.05) is 11.9 Å². The summed E-state index contributed by atoms with van der Waals surface area (Å²) in [6.07, 6.45) is 3.86. The Hall–Kier alpha value is -1.51. The number of nitrogens with one attached hydrogen (secondary N) is 1. The van der Waals surface area contributed by atoms with Gasteiger partial charge in [0.15, 0.2) is 0 Å². The van der Waals surface area contributed by atoms with Gasteiger partial charge in [-0.25, -0.2) is 4.98 Å². The molecule has 2 aromatic heterocycles. The van der Waals surface area contributed by atoms with E-state index in [-0.39, 0.29) is 0 Å². The molecule has 12 heavy (non-hydrogen) atoms. The second kappa shape index (κ2) is 2.85. The van der Waals surface area contributed by atoms with Gasteiger partial charge in [0.25, 0.3) is 0 Å². The Morgan fingerprint density at radius 1 is 1.50 bits per heavy atom. The monoisotopic (exact) mass is 161 g/mol. The Bertz CT molecular complexity index is 378. The number of pyridine rings is 1. The summed E-state index contributed by atoms with van der Waals surface area (Å²) in [5.74, 6) is 0.910. The van der Waals surface area contributed by atoms with Gasteiger partial charge in [-0.3, -0.25) is 4.40 Å². The average molecular weight is 161 g/mol. The van der Waals surface area contributed by atoms with E-state index in [0.717, 1.165) is 18.0 Å². The van der Waals surface area contributed by atoms with Crippen LogP contribution in [0.1, 0.15) is 6.92 Å². The van der Waals surface area contributed by atoms with Crippen LogP contribution in [0.4, 0.5) is 5.95 Å². The number of imidazole rings is 1. The Morgan fingerprint density at radius 3 is 3.25 bits per heavy atom. The number of anilines is 1. The van der Waals surface area contributed by atoms with Crippen molar-refractivity contribution in [1.82, 2.24) is 9.38 Å². The van der Waals surface area contributed by atoms with Gasteiger partial charge >= 0.3 is 0 Å². The third kappa shape index (κ3) is 1.03. The summed E-state index contributed by atoms with van der Waals surface area (Å²) in [5.41, 5.74) is 1.12. The summed E-state index contributed by atoms with van der Waals surface area (Å²) in [7, 11) is 0. The Labute approximate surface area is 71.0 Å². The molecule has 2 aromatic rings. The van der Waals surface area contributed by atoms with Gasteiger partial charge in [-0.15, -0.1) is 0 Å². The molecule has 0 spiro atoms. The van der Waals surface area contributed by atoms with Gasteiger partial charge in [-0.2, -0.15) is 0 Å². The highest BCUT2D eigenvalue weighted by molar-refractivity contribution is 5.51. The largest absolute Gasteiger partial charge is 0.356 e. The highest BCUT2D eigenvalue weighted by Crippen LogP contribution is 2.09. The van der Waals surface area contributed by atoms with E-state index in [4.69, 9.17) is 0 Å². The van der Waals surface area contributed by atoms with Crippen LogP contribution in [-0.2, 0) is 0 Å². The van der Waals surface area contributed by atoms with Gasteiger partial charge in [0.05, 0.1) is 11.7 Å². The van der Waals surface area contributed by atoms with Crippen LogP contribution in [0, 0.1) is 0 Å². The van der Waals surface area contributed by atoms with Crippen LogP contribution in [-0.4, -0.2) is 15.9 Å². The van der Waals surface area contributed by atoms with Crippen LogP contribution in [0.15, 0.2) is 30.6 Å². The SMILES string of the molecule is CCNc1ncc2ccccn12. The van der Waals surface area contributed by atoms with E-state index in [1.165, 1.54) is 0 Å². The van der Waals surface area contributed by atoms with Crippen molar-refractivity contribution >= 4 is 11.5 Å². The molecule has 3 heteroatoms. The summed E-state index contributed by atoms with van der Waals surface area (Å²) in [4.78, 5) is 4.24. The maximum atomic E-state index is 4.24. The van der Waals surface area contributed by atoms with Gasteiger partial charge in [0.2, 0.25) is 5.95 Å². The molecule has 0 aliphatic rings. The fourth-order valence-electron chi connectivity index (χ4n) is 1.23. The predicted octanol–water partition coefficient (Wildman–Crippen LogP) is 1.77. The molecule has 1 N–H and O–H groups in total. The van der Waals surface area contributed by atoms with Crippen LogP contribution in [0.3, 0.4) is 0 Å². The Kier molecular flexibility index (Phi) is 1.70. The molecular formula is C9H11N3. The first-order valence-electron chi connectivity index (χ1n) is 4.08. The van der Waals surface area contributed by atoms with Crippen molar-refractivity contribution in [2.45, 2.75) is 6.92 Å². The van der Waals surface area contributed by atoms with Crippen LogP contribution >= 0.6 is 0 Å². The highest BCUT2D eigenvalue weighted by atomic mass is 15.2. The van der Waals surface area contributed by atoms with Crippen molar-refractivity contribution in [3.05, 3.63) is 30.6 Å². The zero-order valence-corrected chi connectivity index (χ0v) is 6.99. The lowest BCUT2D eigenvalue weighted by molar-refractivity contribution is 1.08. The molecule has 0 unspecified atom stereocenters. The quantitative estimate of drug-likeness (QED) is 0.727. The molecular weight excluding hydrogens is 150 g/mol. The summed E-state index contributed by atoms with van der Waals surface area (Å²) in [5, 5.41) is 3.18. The van der Waals surface area contributed by atoms with E-state index in [1.807, 2.05) is 35.0 Å². The molecule has 0 saturated heterocycles. The minimum atomic E-state index is 0.897. The fraction of sp³-hybridized carbons (Fsp3) is 0.222. The van der Waals surface area contributed by atoms with Crippen molar-refractivity contribution in [3.63, 3.8) is 0 Å². The zero-order chi connectivity index (χ0) is 8.39. The number of aromatic nitrogens is 2. The summed E-state index contributed by atoms with van der Waals surface area (Å²) < 4.78 is 2.03. The molecule has 2 heterocycles. The molecule has 0 atom stereocenters. The molecule has 62 valence electrons. The smallest absolute Gasteiger partial charge is 0.207 e. The maximum Gasteiger partial charge on any atom is 0.207 e. The third-order valence-corrected chi connectivity index (χ3v) is 1.77. The lowest BCUT2D eigenvalue weighted by Gasteiger charge is -2.00. The van der Waals surface area contributed by atoms with Crippen LogP contribution in [0.5, 0.6) is 0 Å². The Balaban J connectivity index is 2.55. The van der Waals surface area contributed by atoms with E-state index in [2.05, 4.69) is 17.2 Å². The van der Waals surface area contributed by atoms with E-state index in [9.17, 15) is 0 Å². The molecule has 3 nitrogen and oxygen atoms in total. The average Bonchev–Trinajstić information content (AvgIpc) is 2.50. The predicted molar refractivity (Wildman–Crippen MR) is 49.4 cm³/mol. The topological polar surface area (TPSA) is 29.3 Å². The molecule has 2 rings (SSSR count). The minimum Gasteiger partial charge on any atom is -0.356 e. The third-order valence-electron chi connectivity index (χ3n) is 1.77. The Morgan fingerprint density at radius 2 is 2.42 bits per heavy atom. The van der Waals surface area contributed by atoms with Crippen LogP contribution < -0.4 is 5.32 Å². The van der Waals surface area contributed by atoms with Gasteiger partial charge < -0.3 is 5.32 Å².